The van der Waals surface area contributed by atoms with E-state index in [0.29, 0.717) is 23.4 Å². The van der Waals surface area contributed by atoms with Crippen LogP contribution < -0.4 is 4.74 Å². The highest BCUT2D eigenvalue weighted by atomic mass is 35.5. The normalized spacial score (nSPS) is 12.1. The minimum absolute atomic E-state index is 0.0853. The second-order valence-corrected chi connectivity index (χ2v) is 4.60. The molecule has 0 N–H and O–H groups in total. The summed E-state index contributed by atoms with van der Waals surface area (Å²) in [5.41, 5.74) is 0.799. The number of aromatic nitrogens is 2. The van der Waals surface area contributed by atoms with Crippen LogP contribution in [-0.2, 0) is 12.4 Å². The Bertz CT molecular complexity index is 595. The van der Waals surface area contributed by atoms with Crippen LogP contribution in [0.1, 0.15) is 19.2 Å². The lowest BCUT2D eigenvalue weighted by molar-refractivity contribution is -0.140. The molecule has 0 unspecified atom stereocenters. The Balaban J connectivity index is 2.51. The number of fused-ring (bicyclic) bond motifs is 1. The Hall–Kier alpha value is -1.43. The Morgan fingerprint density at radius 1 is 1.35 bits per heavy atom. The summed E-state index contributed by atoms with van der Waals surface area (Å²) in [5, 5.41) is 0. The highest BCUT2D eigenvalue weighted by Crippen LogP contribution is 2.29. The quantitative estimate of drug-likeness (QED) is 0.777. The summed E-state index contributed by atoms with van der Waals surface area (Å²) in [4.78, 5) is 4.17. The number of nitrogens with zero attached hydrogens (tertiary/aromatic N) is 2. The van der Waals surface area contributed by atoms with Crippen molar-refractivity contribution >= 4 is 22.6 Å². The van der Waals surface area contributed by atoms with Gasteiger partial charge in [-0.3, -0.25) is 0 Å². The van der Waals surface area contributed by atoms with E-state index in [1.807, 2.05) is 6.92 Å². The van der Waals surface area contributed by atoms with Crippen molar-refractivity contribution in [1.29, 1.82) is 0 Å². The lowest BCUT2D eigenvalue weighted by Gasteiger charge is -2.11. The number of benzene rings is 1. The summed E-state index contributed by atoms with van der Waals surface area (Å²) in [6.45, 7) is 1.33. The lowest BCUT2D eigenvalue weighted by Crippen LogP contribution is -2.19. The maximum Gasteiger partial charge on any atom is 0.406 e. The molecule has 0 spiro atoms. The first kappa shape index (κ1) is 15.0. The summed E-state index contributed by atoms with van der Waals surface area (Å²) in [6.07, 6.45) is -3.52. The van der Waals surface area contributed by atoms with Crippen molar-refractivity contribution in [1.82, 2.24) is 9.55 Å². The molecule has 3 nitrogen and oxygen atoms in total. The topological polar surface area (TPSA) is 27.1 Å². The van der Waals surface area contributed by atoms with E-state index in [1.165, 1.54) is 0 Å². The van der Waals surface area contributed by atoms with Crippen molar-refractivity contribution in [2.24, 2.45) is 0 Å². The standard InChI is InChI=1S/C13H14ClF3N2O/c1-2-6-20-10-5-3-4-9-12(10)18-11(7-14)19(9)8-13(15,16)17/h3-5H,2,6-8H2,1H3. The first-order chi connectivity index (χ1) is 9.46. The SMILES string of the molecule is CCCOc1cccc2c1nc(CCl)n2CC(F)(F)F. The van der Waals surface area contributed by atoms with Gasteiger partial charge in [-0.1, -0.05) is 13.0 Å². The Labute approximate surface area is 119 Å². The number of halogens is 4. The van der Waals surface area contributed by atoms with Crippen LogP contribution in [0.2, 0.25) is 0 Å². The molecule has 1 aromatic carbocycles. The molecule has 0 fully saturated rings. The van der Waals surface area contributed by atoms with E-state index >= 15 is 0 Å². The van der Waals surface area contributed by atoms with Crippen LogP contribution in [0, 0.1) is 0 Å². The fourth-order valence-corrected chi connectivity index (χ4v) is 2.16. The molecule has 0 aliphatic carbocycles. The molecule has 0 atom stereocenters. The van der Waals surface area contributed by atoms with Gasteiger partial charge >= 0.3 is 6.18 Å². The molecule has 20 heavy (non-hydrogen) atoms. The summed E-state index contributed by atoms with van der Waals surface area (Å²) in [7, 11) is 0. The highest BCUT2D eigenvalue weighted by Gasteiger charge is 2.30. The Kier molecular flexibility index (Phi) is 4.42. The van der Waals surface area contributed by atoms with Gasteiger partial charge in [0.05, 0.1) is 18.0 Å². The zero-order valence-electron chi connectivity index (χ0n) is 10.9. The zero-order chi connectivity index (χ0) is 14.8. The van der Waals surface area contributed by atoms with Gasteiger partial charge in [0.1, 0.15) is 23.6 Å². The molecule has 1 aromatic heterocycles. The van der Waals surface area contributed by atoms with Crippen LogP contribution in [0.15, 0.2) is 18.2 Å². The number of para-hydroxylation sites is 1. The fourth-order valence-electron chi connectivity index (χ4n) is 1.96. The third kappa shape index (κ3) is 3.17. The molecular weight excluding hydrogens is 293 g/mol. The monoisotopic (exact) mass is 306 g/mol. The second kappa shape index (κ2) is 5.91. The van der Waals surface area contributed by atoms with E-state index in [4.69, 9.17) is 16.3 Å². The summed E-state index contributed by atoms with van der Waals surface area (Å²) in [5.74, 6) is 0.584. The molecule has 2 aromatic rings. The van der Waals surface area contributed by atoms with Gasteiger partial charge in [0.2, 0.25) is 0 Å². The summed E-state index contributed by atoms with van der Waals surface area (Å²) < 4.78 is 44.5. The molecule has 0 amide bonds. The molecule has 110 valence electrons. The zero-order valence-corrected chi connectivity index (χ0v) is 11.6. The van der Waals surface area contributed by atoms with Crippen molar-refractivity contribution < 1.29 is 17.9 Å². The number of ether oxygens (including phenoxy) is 1. The van der Waals surface area contributed by atoms with E-state index < -0.39 is 12.7 Å². The van der Waals surface area contributed by atoms with Crippen molar-refractivity contribution in [3.8, 4) is 5.75 Å². The van der Waals surface area contributed by atoms with Crippen LogP contribution in [0.25, 0.3) is 11.0 Å². The van der Waals surface area contributed by atoms with Gasteiger partial charge in [-0.25, -0.2) is 4.98 Å². The fraction of sp³-hybridized carbons (Fsp3) is 0.462. The first-order valence-corrected chi connectivity index (χ1v) is 6.73. The van der Waals surface area contributed by atoms with Crippen LogP contribution in [0.4, 0.5) is 13.2 Å². The minimum Gasteiger partial charge on any atom is -0.491 e. The van der Waals surface area contributed by atoms with Gasteiger partial charge in [0.25, 0.3) is 0 Å². The van der Waals surface area contributed by atoms with Gasteiger partial charge in [0, 0.05) is 0 Å². The molecule has 0 saturated heterocycles. The number of alkyl halides is 4. The molecule has 1 heterocycles. The largest absolute Gasteiger partial charge is 0.491 e. The van der Waals surface area contributed by atoms with Crippen molar-refractivity contribution in [3.63, 3.8) is 0 Å². The average Bonchev–Trinajstić information content (AvgIpc) is 2.73. The van der Waals surface area contributed by atoms with Crippen molar-refractivity contribution in [2.75, 3.05) is 6.61 Å². The number of imidazole rings is 1. The molecule has 0 bridgehead atoms. The van der Waals surface area contributed by atoms with Crippen molar-refractivity contribution in [2.45, 2.75) is 31.9 Å². The predicted octanol–water partition coefficient (Wildman–Crippen LogP) is 4.13. The minimum atomic E-state index is -4.32. The summed E-state index contributed by atoms with van der Waals surface area (Å²) >= 11 is 5.70. The molecule has 0 radical (unpaired) electrons. The molecule has 0 aliphatic heterocycles. The van der Waals surface area contributed by atoms with E-state index in [0.717, 1.165) is 11.0 Å². The molecule has 0 saturated carbocycles. The number of rotatable bonds is 5. The molecule has 7 heteroatoms. The molecular formula is C13H14ClF3N2O. The number of hydrogen-bond donors (Lipinski definition) is 0. The van der Waals surface area contributed by atoms with Gasteiger partial charge < -0.3 is 9.30 Å². The lowest BCUT2D eigenvalue weighted by atomic mass is 10.3. The van der Waals surface area contributed by atoms with E-state index in [9.17, 15) is 13.2 Å². The third-order valence-electron chi connectivity index (χ3n) is 2.74. The van der Waals surface area contributed by atoms with Gasteiger partial charge in [0.15, 0.2) is 0 Å². The highest BCUT2D eigenvalue weighted by molar-refractivity contribution is 6.16. The van der Waals surface area contributed by atoms with Gasteiger partial charge in [-0.05, 0) is 18.6 Å². The molecule has 0 aliphatic rings. The Morgan fingerprint density at radius 3 is 2.70 bits per heavy atom. The summed E-state index contributed by atoms with van der Waals surface area (Å²) in [6, 6.07) is 4.93. The predicted molar refractivity (Wildman–Crippen MR) is 71.1 cm³/mol. The van der Waals surface area contributed by atoms with Crippen LogP contribution >= 0.6 is 11.6 Å². The van der Waals surface area contributed by atoms with Crippen LogP contribution in [-0.4, -0.2) is 22.3 Å². The first-order valence-electron chi connectivity index (χ1n) is 6.20. The van der Waals surface area contributed by atoms with Crippen LogP contribution in [0.3, 0.4) is 0 Å². The van der Waals surface area contributed by atoms with E-state index in [2.05, 4.69) is 4.98 Å². The van der Waals surface area contributed by atoms with Gasteiger partial charge in [-0.15, -0.1) is 11.6 Å². The smallest absolute Gasteiger partial charge is 0.406 e. The Morgan fingerprint density at radius 2 is 2.10 bits per heavy atom. The maximum absolute atomic E-state index is 12.6. The maximum atomic E-state index is 12.6. The van der Waals surface area contributed by atoms with E-state index in [1.54, 1.807) is 18.2 Å². The molecule has 2 rings (SSSR count). The van der Waals surface area contributed by atoms with Crippen molar-refractivity contribution in [3.05, 3.63) is 24.0 Å². The van der Waals surface area contributed by atoms with Crippen LogP contribution in [0.5, 0.6) is 5.75 Å². The average molecular weight is 307 g/mol. The van der Waals surface area contributed by atoms with Gasteiger partial charge in [-0.2, -0.15) is 13.2 Å². The third-order valence-corrected chi connectivity index (χ3v) is 2.98. The second-order valence-electron chi connectivity index (χ2n) is 4.34. The van der Waals surface area contributed by atoms with E-state index in [-0.39, 0.29) is 11.7 Å². The number of hydrogen-bond acceptors (Lipinski definition) is 2.